The van der Waals surface area contributed by atoms with Crippen LogP contribution in [0.25, 0.3) is 16.9 Å². The third-order valence-electron chi connectivity index (χ3n) is 5.40. The molecule has 0 aliphatic heterocycles. The SMILES string of the molecule is COc1cccc(-n2c(-c3cccc(C(=O)NCCCCn4cccn4)c3)csc2=O)c1OC. The molecule has 0 saturated heterocycles. The molecule has 9 heteroatoms. The maximum absolute atomic E-state index is 12.8. The van der Waals surface area contributed by atoms with Crippen LogP contribution < -0.4 is 19.7 Å². The molecular formula is C25H26N4O4S. The number of ether oxygens (including phenoxy) is 2. The van der Waals surface area contributed by atoms with Gasteiger partial charge < -0.3 is 14.8 Å². The summed E-state index contributed by atoms with van der Waals surface area (Å²) in [7, 11) is 3.09. The minimum absolute atomic E-state index is 0.149. The number of methoxy groups -OCH3 is 2. The lowest BCUT2D eigenvalue weighted by Crippen LogP contribution is -2.24. The predicted octanol–water partition coefficient (Wildman–Crippen LogP) is 3.99. The van der Waals surface area contributed by atoms with Crippen LogP contribution in [-0.4, -0.2) is 41.0 Å². The zero-order chi connectivity index (χ0) is 23.9. The van der Waals surface area contributed by atoms with Crippen LogP contribution in [0.1, 0.15) is 23.2 Å². The van der Waals surface area contributed by atoms with Crippen molar-refractivity contribution >= 4 is 17.2 Å². The fourth-order valence-electron chi connectivity index (χ4n) is 3.74. The lowest BCUT2D eigenvalue weighted by Gasteiger charge is -2.15. The van der Waals surface area contributed by atoms with Gasteiger partial charge in [-0.2, -0.15) is 5.10 Å². The molecule has 2 aromatic carbocycles. The molecule has 0 saturated carbocycles. The number of amides is 1. The van der Waals surface area contributed by atoms with Crippen molar-refractivity contribution in [2.45, 2.75) is 19.4 Å². The molecule has 2 aromatic heterocycles. The molecule has 176 valence electrons. The third-order valence-corrected chi connectivity index (χ3v) is 6.12. The van der Waals surface area contributed by atoms with Crippen LogP contribution >= 0.6 is 11.3 Å². The molecule has 4 aromatic rings. The van der Waals surface area contributed by atoms with Gasteiger partial charge in [0.1, 0.15) is 0 Å². The predicted molar refractivity (Wildman–Crippen MR) is 132 cm³/mol. The maximum atomic E-state index is 12.8. The van der Waals surface area contributed by atoms with Gasteiger partial charge in [-0.1, -0.05) is 29.5 Å². The Labute approximate surface area is 201 Å². The van der Waals surface area contributed by atoms with Crippen molar-refractivity contribution in [3.05, 3.63) is 81.5 Å². The zero-order valence-electron chi connectivity index (χ0n) is 19.1. The molecule has 34 heavy (non-hydrogen) atoms. The number of para-hydroxylation sites is 1. The van der Waals surface area contributed by atoms with E-state index >= 15 is 0 Å². The molecule has 0 radical (unpaired) electrons. The Morgan fingerprint density at radius 2 is 1.94 bits per heavy atom. The maximum Gasteiger partial charge on any atom is 0.312 e. The van der Waals surface area contributed by atoms with Crippen LogP contribution in [0.15, 0.2) is 71.1 Å². The van der Waals surface area contributed by atoms with E-state index < -0.39 is 0 Å². The molecule has 0 aliphatic rings. The summed E-state index contributed by atoms with van der Waals surface area (Å²) in [6.45, 7) is 1.40. The van der Waals surface area contributed by atoms with Crippen LogP contribution in [-0.2, 0) is 6.54 Å². The van der Waals surface area contributed by atoms with Gasteiger partial charge in [-0.3, -0.25) is 18.8 Å². The molecule has 0 bridgehead atoms. The number of aromatic nitrogens is 3. The van der Waals surface area contributed by atoms with Gasteiger partial charge in [0.2, 0.25) is 0 Å². The average Bonchev–Trinajstić information content (AvgIpc) is 3.52. The van der Waals surface area contributed by atoms with E-state index in [-0.39, 0.29) is 10.8 Å². The first-order valence-electron chi connectivity index (χ1n) is 10.9. The quantitative estimate of drug-likeness (QED) is 0.348. The van der Waals surface area contributed by atoms with Gasteiger partial charge in [0.25, 0.3) is 5.91 Å². The second-order valence-electron chi connectivity index (χ2n) is 7.55. The smallest absolute Gasteiger partial charge is 0.312 e. The zero-order valence-corrected chi connectivity index (χ0v) is 19.9. The molecule has 0 fully saturated rings. The fraction of sp³-hybridized carbons (Fsp3) is 0.240. The van der Waals surface area contributed by atoms with Crippen molar-refractivity contribution in [1.29, 1.82) is 0 Å². The van der Waals surface area contributed by atoms with Gasteiger partial charge in [-0.15, -0.1) is 0 Å². The molecule has 1 amide bonds. The van der Waals surface area contributed by atoms with Crippen LogP contribution in [0, 0.1) is 0 Å². The van der Waals surface area contributed by atoms with Crippen LogP contribution in [0.3, 0.4) is 0 Å². The summed E-state index contributed by atoms with van der Waals surface area (Å²) >= 11 is 1.09. The van der Waals surface area contributed by atoms with Gasteiger partial charge in [0, 0.05) is 42.0 Å². The average molecular weight is 479 g/mol. The van der Waals surface area contributed by atoms with E-state index in [0.29, 0.717) is 35.0 Å². The third kappa shape index (κ3) is 5.04. The fourth-order valence-corrected chi connectivity index (χ4v) is 4.49. The monoisotopic (exact) mass is 478 g/mol. The largest absolute Gasteiger partial charge is 0.493 e. The Bertz CT molecular complexity index is 1310. The summed E-state index contributed by atoms with van der Waals surface area (Å²) in [6, 6.07) is 14.5. The summed E-state index contributed by atoms with van der Waals surface area (Å²) < 4.78 is 14.4. The molecule has 0 unspecified atom stereocenters. The molecule has 0 atom stereocenters. The number of rotatable bonds is 10. The van der Waals surface area contributed by atoms with Crippen molar-refractivity contribution < 1.29 is 14.3 Å². The Morgan fingerprint density at radius 3 is 2.71 bits per heavy atom. The molecular weight excluding hydrogens is 452 g/mol. The van der Waals surface area contributed by atoms with E-state index in [4.69, 9.17) is 9.47 Å². The summed E-state index contributed by atoms with van der Waals surface area (Å²) in [5.41, 5.74) is 2.55. The number of hydrogen-bond acceptors (Lipinski definition) is 6. The van der Waals surface area contributed by atoms with Crippen molar-refractivity contribution in [1.82, 2.24) is 19.7 Å². The van der Waals surface area contributed by atoms with Crippen molar-refractivity contribution in [2.24, 2.45) is 0 Å². The minimum atomic E-state index is -0.159. The highest BCUT2D eigenvalue weighted by Gasteiger charge is 2.18. The second kappa shape index (κ2) is 10.8. The number of nitrogens with one attached hydrogen (secondary N) is 1. The first-order valence-corrected chi connectivity index (χ1v) is 11.8. The second-order valence-corrected chi connectivity index (χ2v) is 8.37. The molecule has 1 N–H and O–H groups in total. The van der Waals surface area contributed by atoms with Gasteiger partial charge in [-0.05, 0) is 43.2 Å². The number of thiazole rings is 1. The van der Waals surface area contributed by atoms with Crippen molar-refractivity contribution in [2.75, 3.05) is 20.8 Å². The summed E-state index contributed by atoms with van der Waals surface area (Å²) in [5, 5.41) is 8.93. The summed E-state index contributed by atoms with van der Waals surface area (Å²) in [6.07, 6.45) is 5.46. The first kappa shape index (κ1) is 23.3. The lowest BCUT2D eigenvalue weighted by atomic mass is 10.1. The topological polar surface area (TPSA) is 87.4 Å². The van der Waals surface area contributed by atoms with E-state index in [1.165, 1.54) is 0 Å². The first-order chi connectivity index (χ1) is 16.6. The Hall–Kier alpha value is -3.85. The standard InChI is InChI=1S/C25H26N4O4S/c1-32-22-11-6-10-20(23(22)33-2)29-21(17-34-25(29)31)18-8-5-9-19(16-18)24(30)26-12-3-4-14-28-15-7-13-27-28/h5-11,13,15-17H,3-4,12,14H2,1-2H3,(H,26,30). The highest BCUT2D eigenvalue weighted by Crippen LogP contribution is 2.35. The highest BCUT2D eigenvalue weighted by molar-refractivity contribution is 7.07. The normalized spacial score (nSPS) is 10.8. The number of carbonyl (C=O) groups is 1. The molecule has 0 aliphatic carbocycles. The summed E-state index contributed by atoms with van der Waals surface area (Å²) in [5.74, 6) is 0.851. The molecule has 8 nitrogen and oxygen atoms in total. The van der Waals surface area contributed by atoms with Gasteiger partial charge in [0.05, 0.1) is 25.6 Å². The number of nitrogens with zero attached hydrogens (tertiary/aromatic N) is 3. The van der Waals surface area contributed by atoms with Gasteiger partial charge in [-0.25, -0.2) is 0 Å². The van der Waals surface area contributed by atoms with E-state index in [0.717, 1.165) is 36.3 Å². The molecule has 2 heterocycles. The Balaban J connectivity index is 1.51. The van der Waals surface area contributed by atoms with Gasteiger partial charge in [0.15, 0.2) is 11.5 Å². The number of unbranched alkanes of at least 4 members (excludes halogenated alkanes) is 1. The van der Waals surface area contributed by atoms with Gasteiger partial charge >= 0.3 is 4.87 Å². The van der Waals surface area contributed by atoms with Crippen molar-refractivity contribution in [3.63, 3.8) is 0 Å². The highest BCUT2D eigenvalue weighted by atomic mass is 32.1. The molecule has 4 rings (SSSR count). The number of hydrogen-bond donors (Lipinski definition) is 1. The van der Waals surface area contributed by atoms with Crippen LogP contribution in [0.4, 0.5) is 0 Å². The Kier molecular flexibility index (Phi) is 7.44. The van der Waals surface area contributed by atoms with Crippen molar-refractivity contribution in [3.8, 4) is 28.4 Å². The molecule has 0 spiro atoms. The van der Waals surface area contributed by atoms with Crippen LogP contribution in [0.5, 0.6) is 11.5 Å². The number of benzene rings is 2. The van der Waals surface area contributed by atoms with E-state index in [9.17, 15) is 9.59 Å². The lowest BCUT2D eigenvalue weighted by molar-refractivity contribution is 0.0953. The minimum Gasteiger partial charge on any atom is -0.493 e. The number of carbonyl (C=O) groups excluding carboxylic acids is 1. The van der Waals surface area contributed by atoms with E-state index in [1.54, 1.807) is 60.7 Å². The van der Waals surface area contributed by atoms with E-state index in [2.05, 4.69) is 10.4 Å². The number of aryl methyl sites for hydroxylation is 1. The summed E-state index contributed by atoms with van der Waals surface area (Å²) in [4.78, 5) is 25.4. The van der Waals surface area contributed by atoms with E-state index in [1.807, 2.05) is 29.1 Å². The Morgan fingerprint density at radius 1 is 1.09 bits per heavy atom. The van der Waals surface area contributed by atoms with Crippen LogP contribution in [0.2, 0.25) is 0 Å².